The number of benzene rings is 1. The van der Waals surface area contributed by atoms with Gasteiger partial charge in [0.2, 0.25) is 0 Å². The third-order valence-electron chi connectivity index (χ3n) is 3.10. The van der Waals surface area contributed by atoms with Crippen LogP contribution in [0.5, 0.6) is 0 Å². The average Bonchev–Trinajstić information content (AvgIpc) is 3.14. The summed E-state index contributed by atoms with van der Waals surface area (Å²) >= 11 is 0. The molecule has 6 heteroatoms. The lowest BCUT2D eigenvalue weighted by Gasteiger charge is -2.18. The minimum absolute atomic E-state index is 0.324. The zero-order valence-corrected chi connectivity index (χ0v) is 10.3. The Labute approximate surface area is 108 Å². The van der Waals surface area contributed by atoms with E-state index in [0.717, 1.165) is 12.8 Å². The van der Waals surface area contributed by atoms with E-state index in [0.29, 0.717) is 24.6 Å². The first-order chi connectivity index (χ1) is 8.90. The Morgan fingerprint density at radius 2 is 1.79 bits per heavy atom. The number of carboxylic acids is 1. The molecule has 1 aliphatic rings. The maximum Gasteiger partial charge on any atom is 0.336 e. The molecule has 1 N–H and O–H groups in total. The molecule has 1 aromatic carbocycles. The fourth-order valence-corrected chi connectivity index (χ4v) is 1.88. The van der Waals surface area contributed by atoms with Crippen molar-refractivity contribution in [2.75, 3.05) is 13.6 Å². The first-order valence-electron chi connectivity index (χ1n) is 5.88. The number of rotatable bonds is 4. The number of carbonyl (C=O) groups excluding carboxylic acids is 1. The fourth-order valence-electron chi connectivity index (χ4n) is 1.88. The Hall–Kier alpha value is -1.98. The molecule has 0 bridgehead atoms. The number of hydrogen-bond acceptors (Lipinski definition) is 2. The molecule has 0 unspecified atom stereocenters. The van der Waals surface area contributed by atoms with Gasteiger partial charge in [-0.15, -0.1) is 0 Å². The summed E-state index contributed by atoms with van der Waals surface area (Å²) in [5.41, 5.74) is -0.846. The highest BCUT2D eigenvalue weighted by Gasteiger charge is 2.28. The Morgan fingerprint density at radius 3 is 2.26 bits per heavy atom. The number of nitrogens with zero attached hydrogens (tertiary/aromatic N) is 1. The highest BCUT2D eigenvalue weighted by atomic mass is 19.2. The first kappa shape index (κ1) is 13.5. The molecule has 0 atom stereocenters. The van der Waals surface area contributed by atoms with Crippen molar-refractivity contribution in [1.82, 2.24) is 4.90 Å². The van der Waals surface area contributed by atoms with Gasteiger partial charge in [0.05, 0.1) is 11.1 Å². The molecule has 0 aliphatic heterocycles. The molecule has 0 radical (unpaired) electrons. The van der Waals surface area contributed by atoms with E-state index < -0.39 is 29.1 Å². The molecule has 4 nitrogen and oxygen atoms in total. The van der Waals surface area contributed by atoms with Crippen LogP contribution in [0.15, 0.2) is 12.1 Å². The van der Waals surface area contributed by atoms with E-state index in [1.54, 1.807) is 0 Å². The number of carboxylic acid groups (broad SMARTS) is 1. The van der Waals surface area contributed by atoms with E-state index in [1.807, 2.05) is 0 Å². The van der Waals surface area contributed by atoms with Gasteiger partial charge in [-0.05, 0) is 30.9 Å². The molecule has 19 heavy (non-hydrogen) atoms. The van der Waals surface area contributed by atoms with Gasteiger partial charge in [-0.1, -0.05) is 0 Å². The number of halogens is 2. The van der Waals surface area contributed by atoms with Gasteiger partial charge in [-0.25, -0.2) is 13.6 Å². The molecule has 1 aliphatic carbocycles. The molecule has 0 aromatic heterocycles. The predicted octanol–water partition coefficient (Wildman–Crippen LogP) is 2.15. The second kappa shape index (κ2) is 4.95. The SMILES string of the molecule is CN(CC1CC1)C(=O)c1cc(F)c(F)cc1C(=O)O. The zero-order valence-electron chi connectivity index (χ0n) is 10.3. The largest absolute Gasteiger partial charge is 0.478 e. The summed E-state index contributed by atoms with van der Waals surface area (Å²) in [6.07, 6.45) is 2.06. The van der Waals surface area contributed by atoms with Gasteiger partial charge in [0, 0.05) is 13.6 Å². The minimum atomic E-state index is -1.46. The predicted molar refractivity (Wildman–Crippen MR) is 63.0 cm³/mol. The van der Waals surface area contributed by atoms with Crippen LogP contribution in [0.2, 0.25) is 0 Å². The van der Waals surface area contributed by atoms with Crippen LogP contribution in [0, 0.1) is 17.6 Å². The molecule has 2 rings (SSSR count). The molecule has 1 fully saturated rings. The summed E-state index contributed by atoms with van der Waals surface area (Å²) in [5.74, 6) is -4.15. The van der Waals surface area contributed by atoms with Crippen LogP contribution < -0.4 is 0 Å². The lowest BCUT2D eigenvalue weighted by Crippen LogP contribution is -2.30. The van der Waals surface area contributed by atoms with Gasteiger partial charge >= 0.3 is 5.97 Å². The Balaban J connectivity index is 2.33. The van der Waals surface area contributed by atoms with E-state index >= 15 is 0 Å². The van der Waals surface area contributed by atoms with E-state index in [-0.39, 0.29) is 5.56 Å². The zero-order chi connectivity index (χ0) is 14.2. The molecule has 102 valence electrons. The molecule has 0 saturated heterocycles. The Kier molecular flexibility index (Phi) is 3.50. The van der Waals surface area contributed by atoms with Crippen molar-refractivity contribution in [3.8, 4) is 0 Å². The van der Waals surface area contributed by atoms with Crippen molar-refractivity contribution in [3.05, 3.63) is 34.9 Å². The molecule has 1 aromatic rings. The van der Waals surface area contributed by atoms with E-state index in [1.165, 1.54) is 11.9 Å². The molecule has 0 spiro atoms. The van der Waals surface area contributed by atoms with Crippen molar-refractivity contribution in [2.24, 2.45) is 5.92 Å². The van der Waals surface area contributed by atoms with Crippen LogP contribution in [0.1, 0.15) is 33.6 Å². The van der Waals surface area contributed by atoms with Crippen LogP contribution in [0.3, 0.4) is 0 Å². The van der Waals surface area contributed by atoms with Gasteiger partial charge < -0.3 is 10.0 Å². The van der Waals surface area contributed by atoms with Crippen LogP contribution in [0.4, 0.5) is 8.78 Å². The van der Waals surface area contributed by atoms with Crippen molar-refractivity contribution in [1.29, 1.82) is 0 Å². The second-order valence-electron chi connectivity index (χ2n) is 4.75. The van der Waals surface area contributed by atoms with E-state index in [4.69, 9.17) is 5.11 Å². The monoisotopic (exact) mass is 269 g/mol. The summed E-state index contributed by atoms with van der Waals surface area (Å²) in [5, 5.41) is 8.95. The average molecular weight is 269 g/mol. The summed E-state index contributed by atoms with van der Waals surface area (Å²) in [6, 6.07) is 1.18. The van der Waals surface area contributed by atoms with Crippen molar-refractivity contribution >= 4 is 11.9 Å². The maximum atomic E-state index is 13.2. The topological polar surface area (TPSA) is 57.6 Å². The smallest absolute Gasteiger partial charge is 0.336 e. The summed E-state index contributed by atoms with van der Waals surface area (Å²) in [4.78, 5) is 24.4. The molecular formula is C13H13F2NO3. The molecule has 0 heterocycles. The fraction of sp³-hybridized carbons (Fsp3) is 0.385. The van der Waals surface area contributed by atoms with Crippen molar-refractivity contribution < 1.29 is 23.5 Å². The minimum Gasteiger partial charge on any atom is -0.478 e. The van der Waals surface area contributed by atoms with Gasteiger partial charge in [0.1, 0.15) is 0 Å². The van der Waals surface area contributed by atoms with Gasteiger partial charge in [0.15, 0.2) is 11.6 Å². The number of hydrogen-bond donors (Lipinski definition) is 1. The molecule has 1 saturated carbocycles. The maximum absolute atomic E-state index is 13.2. The van der Waals surface area contributed by atoms with Crippen molar-refractivity contribution in [2.45, 2.75) is 12.8 Å². The third-order valence-corrected chi connectivity index (χ3v) is 3.10. The van der Waals surface area contributed by atoms with Gasteiger partial charge in [-0.3, -0.25) is 4.79 Å². The van der Waals surface area contributed by atoms with Crippen LogP contribution >= 0.6 is 0 Å². The quantitative estimate of drug-likeness (QED) is 0.911. The number of carbonyl (C=O) groups is 2. The highest BCUT2D eigenvalue weighted by Crippen LogP contribution is 2.30. The number of aromatic carboxylic acids is 1. The van der Waals surface area contributed by atoms with Crippen LogP contribution in [0.25, 0.3) is 0 Å². The van der Waals surface area contributed by atoms with E-state index in [9.17, 15) is 18.4 Å². The summed E-state index contributed by atoms with van der Waals surface area (Å²) in [7, 11) is 1.52. The lowest BCUT2D eigenvalue weighted by atomic mass is 10.1. The second-order valence-corrected chi connectivity index (χ2v) is 4.75. The van der Waals surface area contributed by atoms with Crippen LogP contribution in [-0.2, 0) is 0 Å². The standard InChI is InChI=1S/C13H13F2NO3/c1-16(6-7-2-3-7)12(17)8-4-10(14)11(15)5-9(8)13(18)19/h4-5,7H,2-3,6H2,1H3,(H,18,19). The third kappa shape index (κ3) is 2.89. The Bertz CT molecular complexity index is 541. The number of amides is 1. The lowest BCUT2D eigenvalue weighted by molar-refractivity contribution is 0.0680. The van der Waals surface area contributed by atoms with E-state index in [2.05, 4.69) is 0 Å². The highest BCUT2D eigenvalue weighted by molar-refractivity contribution is 6.04. The van der Waals surface area contributed by atoms with Gasteiger partial charge in [-0.2, -0.15) is 0 Å². The van der Waals surface area contributed by atoms with Crippen molar-refractivity contribution in [3.63, 3.8) is 0 Å². The summed E-state index contributed by atoms with van der Waals surface area (Å²) in [6.45, 7) is 0.497. The van der Waals surface area contributed by atoms with Crippen LogP contribution in [-0.4, -0.2) is 35.5 Å². The Morgan fingerprint density at radius 1 is 1.26 bits per heavy atom. The summed E-state index contributed by atoms with van der Waals surface area (Å²) < 4.78 is 26.2. The molecular weight excluding hydrogens is 256 g/mol. The van der Waals surface area contributed by atoms with Gasteiger partial charge in [0.25, 0.3) is 5.91 Å². The normalized spacial score (nSPS) is 14.3. The first-order valence-corrected chi connectivity index (χ1v) is 5.88. The molecule has 1 amide bonds.